The molecule has 2 fully saturated rings. The van der Waals surface area contributed by atoms with Crippen LogP contribution in [0.5, 0.6) is 0 Å². The molecule has 0 radical (unpaired) electrons. The van der Waals surface area contributed by atoms with Crippen LogP contribution in [0.1, 0.15) is 64.5 Å². The number of nitriles is 1. The van der Waals surface area contributed by atoms with E-state index in [-0.39, 0.29) is 34.5 Å². The lowest BCUT2D eigenvalue weighted by Gasteiger charge is -2.37. The largest absolute Gasteiger partial charge is 0.459 e. The van der Waals surface area contributed by atoms with Crippen LogP contribution in [-0.2, 0) is 19.7 Å². The summed E-state index contributed by atoms with van der Waals surface area (Å²) in [5, 5.41) is 14.2. The van der Waals surface area contributed by atoms with Crippen LogP contribution in [0, 0.1) is 28.9 Å². The first kappa shape index (κ1) is 30.3. The Morgan fingerprint density at radius 2 is 1.89 bits per heavy atom. The van der Waals surface area contributed by atoms with Crippen LogP contribution in [0.25, 0.3) is 0 Å². The Hall–Kier alpha value is -2.24. The highest BCUT2D eigenvalue weighted by Gasteiger charge is 2.61. The van der Waals surface area contributed by atoms with E-state index in [4.69, 9.17) is 32.7 Å². The monoisotopic (exact) mass is 566 g/mol. The predicted octanol–water partition coefficient (Wildman–Crippen LogP) is 6.95. The van der Waals surface area contributed by atoms with Crippen molar-refractivity contribution < 1.29 is 23.0 Å². The summed E-state index contributed by atoms with van der Waals surface area (Å²) in [7, 11) is 0. The van der Waals surface area contributed by atoms with Gasteiger partial charge in [-0.1, -0.05) is 48.8 Å². The first-order valence-electron chi connectivity index (χ1n) is 12.3. The molecule has 2 aliphatic heterocycles. The summed E-state index contributed by atoms with van der Waals surface area (Å²) in [5.41, 5.74) is -2.42. The van der Waals surface area contributed by atoms with Crippen molar-refractivity contribution in [2.75, 3.05) is 13.2 Å². The van der Waals surface area contributed by atoms with Crippen LogP contribution in [0.4, 0.5) is 8.78 Å². The van der Waals surface area contributed by atoms with E-state index in [9.17, 15) is 10.1 Å². The van der Waals surface area contributed by atoms with Gasteiger partial charge in [0.1, 0.15) is 28.7 Å². The zero-order valence-electron chi connectivity index (χ0n) is 21.0. The number of halogens is 4. The molecule has 0 saturated carbocycles. The molecule has 9 heteroatoms. The molecule has 0 unspecified atom stereocenters. The maximum atomic E-state index is 15.6. The summed E-state index contributed by atoms with van der Waals surface area (Å²) in [5.74, 6) is -3.08. The van der Waals surface area contributed by atoms with Crippen molar-refractivity contribution in [3.8, 4) is 6.07 Å². The standard InChI is InChI=1S/C28H30Cl2F2N2O3.CH4/c1-27(2,3)37-26(35)25-23(18-5-4-6-20(30)24(18)32)28(15-33,19-8-7-17(29)14-21(19)31)22(34-25)13-16-9-11-36-12-10-16;/h4-8,14,16,22-23,25,34H,9-13H2,1-3H3;1H4/t22-,23-,25+,28-;/m0./s1. The van der Waals surface area contributed by atoms with Crippen LogP contribution < -0.4 is 5.32 Å². The van der Waals surface area contributed by atoms with E-state index in [1.54, 1.807) is 26.8 Å². The Kier molecular flexibility index (Phi) is 9.47. The maximum Gasteiger partial charge on any atom is 0.324 e. The molecule has 2 aromatic carbocycles. The van der Waals surface area contributed by atoms with Gasteiger partial charge < -0.3 is 9.47 Å². The Bertz CT molecular complexity index is 1210. The van der Waals surface area contributed by atoms with Crippen molar-refractivity contribution in [2.24, 2.45) is 5.92 Å². The smallest absolute Gasteiger partial charge is 0.324 e. The molecule has 0 aromatic heterocycles. The Labute approximate surface area is 233 Å². The minimum atomic E-state index is -1.67. The number of rotatable bonds is 5. The average molecular weight is 568 g/mol. The molecular formula is C29H34Cl2F2N2O3. The third kappa shape index (κ3) is 5.84. The number of carbonyl (C=O) groups excluding carboxylic acids is 1. The molecule has 0 bridgehead atoms. The van der Waals surface area contributed by atoms with E-state index in [1.165, 1.54) is 24.3 Å². The van der Waals surface area contributed by atoms with Crippen molar-refractivity contribution in [1.82, 2.24) is 5.32 Å². The summed E-state index contributed by atoms with van der Waals surface area (Å²) < 4.78 is 42.5. The Balaban J connectivity index is 0.00000400. The van der Waals surface area contributed by atoms with Gasteiger partial charge in [-0.05, 0) is 69.7 Å². The molecule has 1 N–H and O–H groups in total. The lowest BCUT2D eigenvalue weighted by atomic mass is 9.63. The number of nitrogens with one attached hydrogen (secondary N) is 1. The van der Waals surface area contributed by atoms with Gasteiger partial charge in [0.2, 0.25) is 0 Å². The second-order valence-electron chi connectivity index (χ2n) is 10.7. The molecule has 2 saturated heterocycles. The number of benzene rings is 2. The molecule has 5 nitrogen and oxygen atoms in total. The maximum absolute atomic E-state index is 15.6. The molecule has 206 valence electrons. The van der Waals surface area contributed by atoms with E-state index in [2.05, 4.69) is 11.4 Å². The molecule has 0 aliphatic carbocycles. The summed E-state index contributed by atoms with van der Waals surface area (Å²) in [6.07, 6.45) is 1.98. The Morgan fingerprint density at radius 3 is 2.50 bits per heavy atom. The highest BCUT2D eigenvalue weighted by atomic mass is 35.5. The number of carbonyl (C=O) groups is 1. The van der Waals surface area contributed by atoms with Crippen LogP contribution in [0.3, 0.4) is 0 Å². The quantitative estimate of drug-likeness (QED) is 0.396. The van der Waals surface area contributed by atoms with E-state index < -0.39 is 46.6 Å². The molecule has 2 aromatic rings. The fourth-order valence-corrected chi connectivity index (χ4v) is 5.98. The van der Waals surface area contributed by atoms with Crippen molar-refractivity contribution in [2.45, 2.75) is 76.5 Å². The Morgan fingerprint density at radius 1 is 1.21 bits per heavy atom. The summed E-state index contributed by atoms with van der Waals surface area (Å²) in [6, 6.07) is 9.03. The topological polar surface area (TPSA) is 71.3 Å². The molecule has 0 spiro atoms. The normalized spacial score (nSPS) is 25.9. The molecule has 0 amide bonds. The molecule has 4 rings (SSSR count). The summed E-state index contributed by atoms with van der Waals surface area (Å²) in [4.78, 5) is 13.6. The minimum Gasteiger partial charge on any atom is -0.459 e. The third-order valence-corrected chi connectivity index (χ3v) is 7.73. The van der Waals surface area contributed by atoms with Crippen LogP contribution in [-0.4, -0.2) is 36.9 Å². The third-order valence-electron chi connectivity index (χ3n) is 7.20. The lowest BCUT2D eigenvalue weighted by molar-refractivity contribution is -0.157. The first-order valence-corrected chi connectivity index (χ1v) is 13.1. The summed E-state index contributed by atoms with van der Waals surface area (Å²) in [6.45, 7) is 6.34. The van der Waals surface area contributed by atoms with Crippen LogP contribution in [0.2, 0.25) is 10.0 Å². The van der Waals surface area contributed by atoms with Crippen molar-refractivity contribution in [3.05, 3.63) is 69.2 Å². The van der Waals surface area contributed by atoms with Gasteiger partial charge >= 0.3 is 5.97 Å². The van der Waals surface area contributed by atoms with Gasteiger partial charge in [-0.3, -0.25) is 10.1 Å². The van der Waals surface area contributed by atoms with Crippen molar-refractivity contribution in [1.29, 1.82) is 5.26 Å². The van der Waals surface area contributed by atoms with Crippen molar-refractivity contribution >= 4 is 29.2 Å². The van der Waals surface area contributed by atoms with E-state index in [0.29, 0.717) is 19.6 Å². The fraction of sp³-hybridized carbons (Fsp3) is 0.517. The minimum absolute atomic E-state index is 0. The van der Waals surface area contributed by atoms with Gasteiger partial charge in [-0.2, -0.15) is 5.26 Å². The van der Waals surface area contributed by atoms with Crippen LogP contribution in [0.15, 0.2) is 36.4 Å². The second kappa shape index (κ2) is 11.9. The van der Waals surface area contributed by atoms with Gasteiger partial charge in [0.05, 0.1) is 11.1 Å². The molecule has 38 heavy (non-hydrogen) atoms. The molecule has 4 atom stereocenters. The average Bonchev–Trinajstić information content (AvgIpc) is 3.15. The number of hydrogen-bond donors (Lipinski definition) is 1. The van der Waals surface area contributed by atoms with E-state index >= 15 is 8.78 Å². The summed E-state index contributed by atoms with van der Waals surface area (Å²) >= 11 is 12.2. The SMILES string of the molecule is C.CC(C)(C)OC(=O)[C@@H]1N[C@@H](CC2CCOCC2)[C@](C#N)(c2ccc(Cl)cc2F)[C@H]1c1cccc(Cl)c1F. The van der Waals surface area contributed by atoms with Gasteiger partial charge in [0, 0.05) is 35.8 Å². The zero-order chi connectivity index (χ0) is 27.0. The first-order chi connectivity index (χ1) is 17.5. The van der Waals surface area contributed by atoms with E-state index in [1.807, 2.05) is 0 Å². The van der Waals surface area contributed by atoms with Gasteiger partial charge in [-0.15, -0.1) is 0 Å². The number of hydrogen-bond acceptors (Lipinski definition) is 5. The van der Waals surface area contributed by atoms with E-state index in [0.717, 1.165) is 18.9 Å². The zero-order valence-corrected chi connectivity index (χ0v) is 22.5. The van der Waals surface area contributed by atoms with Gasteiger partial charge in [0.15, 0.2) is 0 Å². The number of esters is 1. The number of ether oxygens (including phenoxy) is 2. The predicted molar refractivity (Wildman–Crippen MR) is 144 cm³/mol. The molecule has 2 aliphatic rings. The van der Waals surface area contributed by atoms with Gasteiger partial charge in [0.25, 0.3) is 0 Å². The molecule has 2 heterocycles. The van der Waals surface area contributed by atoms with Gasteiger partial charge in [-0.25, -0.2) is 8.78 Å². The molecular weight excluding hydrogens is 533 g/mol. The lowest BCUT2D eigenvalue weighted by Crippen LogP contribution is -2.44. The van der Waals surface area contributed by atoms with Crippen LogP contribution >= 0.6 is 23.2 Å². The highest BCUT2D eigenvalue weighted by molar-refractivity contribution is 6.31. The van der Waals surface area contributed by atoms with Crippen molar-refractivity contribution in [3.63, 3.8) is 0 Å². The highest BCUT2D eigenvalue weighted by Crippen LogP contribution is 2.52. The fourth-order valence-electron chi connectivity index (χ4n) is 5.64. The second-order valence-corrected chi connectivity index (χ2v) is 11.6. The number of nitrogens with zero attached hydrogens (tertiary/aromatic N) is 1.